The Morgan fingerprint density at radius 2 is 2.00 bits per heavy atom. The molecule has 0 aliphatic heterocycles. The van der Waals surface area contributed by atoms with Crippen molar-refractivity contribution in [3.05, 3.63) is 35.4 Å². The first-order valence-electron chi connectivity index (χ1n) is 3.98. The van der Waals surface area contributed by atoms with Crippen molar-refractivity contribution in [2.75, 3.05) is 14.1 Å². The highest BCUT2D eigenvalue weighted by Gasteiger charge is 2.10. The van der Waals surface area contributed by atoms with Gasteiger partial charge < -0.3 is 10.3 Å². The lowest BCUT2D eigenvalue weighted by molar-refractivity contribution is 0.0827. The Labute approximate surface area is 77.5 Å². The van der Waals surface area contributed by atoms with Crippen LogP contribution in [0, 0.1) is 5.41 Å². The third-order valence-electron chi connectivity index (χ3n) is 1.75. The first-order chi connectivity index (χ1) is 6.16. The van der Waals surface area contributed by atoms with Crippen LogP contribution < -0.4 is 0 Å². The molecule has 3 heteroatoms. The summed E-state index contributed by atoms with van der Waals surface area (Å²) in [7, 11) is 3.39. The molecule has 1 aromatic carbocycles. The monoisotopic (exact) mass is 176 g/mol. The van der Waals surface area contributed by atoms with E-state index in [1.165, 1.54) is 11.1 Å². The van der Waals surface area contributed by atoms with Gasteiger partial charge in [-0.25, -0.2) is 0 Å². The maximum absolute atomic E-state index is 11.5. The van der Waals surface area contributed by atoms with Gasteiger partial charge in [0.25, 0.3) is 5.91 Å². The van der Waals surface area contributed by atoms with E-state index in [2.05, 4.69) is 0 Å². The van der Waals surface area contributed by atoms with Crippen LogP contribution in [0.4, 0.5) is 0 Å². The minimum Gasteiger partial charge on any atom is -0.345 e. The second-order valence-corrected chi connectivity index (χ2v) is 2.93. The summed E-state index contributed by atoms with van der Waals surface area (Å²) < 4.78 is 0. The van der Waals surface area contributed by atoms with Crippen molar-refractivity contribution in [3.63, 3.8) is 0 Å². The highest BCUT2D eigenvalue weighted by molar-refractivity contribution is 6.01. The summed E-state index contributed by atoms with van der Waals surface area (Å²) in [6, 6.07) is 7.09. The van der Waals surface area contributed by atoms with Crippen LogP contribution in [0.1, 0.15) is 15.9 Å². The molecule has 3 nitrogen and oxygen atoms in total. The Hall–Kier alpha value is -1.64. The number of carbonyl (C=O) groups excluding carboxylic acids is 1. The minimum absolute atomic E-state index is 0.0703. The minimum atomic E-state index is -0.0703. The molecule has 0 fully saturated rings. The van der Waals surface area contributed by atoms with Crippen LogP contribution in [0.2, 0.25) is 0 Å². The summed E-state index contributed by atoms with van der Waals surface area (Å²) >= 11 is 0. The molecular weight excluding hydrogens is 164 g/mol. The van der Waals surface area contributed by atoms with Crippen LogP contribution >= 0.6 is 0 Å². The standard InChI is InChI=1S/C10H12N2O/c1-12(2)10(13)9-6-4-3-5-8(9)7-11/h3-7,11H,1-2H3. The van der Waals surface area contributed by atoms with Gasteiger partial charge in [-0.05, 0) is 6.07 Å². The molecule has 68 valence electrons. The van der Waals surface area contributed by atoms with Crippen molar-refractivity contribution in [3.8, 4) is 0 Å². The third-order valence-corrected chi connectivity index (χ3v) is 1.75. The number of carbonyl (C=O) groups is 1. The summed E-state index contributed by atoms with van der Waals surface area (Å²) in [5.74, 6) is -0.0703. The van der Waals surface area contributed by atoms with E-state index in [1.807, 2.05) is 6.07 Å². The number of nitrogens with one attached hydrogen (secondary N) is 1. The van der Waals surface area contributed by atoms with E-state index in [-0.39, 0.29) is 5.91 Å². The van der Waals surface area contributed by atoms with Gasteiger partial charge in [-0.1, -0.05) is 18.2 Å². The fraction of sp³-hybridized carbons (Fsp3) is 0.200. The fourth-order valence-electron chi connectivity index (χ4n) is 1.06. The molecule has 1 amide bonds. The highest BCUT2D eigenvalue weighted by atomic mass is 16.2. The van der Waals surface area contributed by atoms with Crippen molar-refractivity contribution < 1.29 is 4.79 Å². The summed E-state index contributed by atoms with van der Waals surface area (Å²) in [5, 5.41) is 7.12. The summed E-state index contributed by atoms with van der Waals surface area (Å²) in [6.45, 7) is 0. The zero-order chi connectivity index (χ0) is 9.84. The SMILES string of the molecule is CN(C)C(=O)c1ccccc1C=N. The number of amides is 1. The molecule has 0 spiro atoms. The van der Waals surface area contributed by atoms with Gasteiger partial charge in [0.1, 0.15) is 0 Å². The molecule has 1 N–H and O–H groups in total. The largest absolute Gasteiger partial charge is 0.345 e. The fourth-order valence-corrected chi connectivity index (χ4v) is 1.06. The second-order valence-electron chi connectivity index (χ2n) is 2.93. The predicted octanol–water partition coefficient (Wildman–Crippen LogP) is 1.39. The third kappa shape index (κ3) is 1.93. The van der Waals surface area contributed by atoms with Crippen molar-refractivity contribution in [2.24, 2.45) is 0 Å². The molecule has 13 heavy (non-hydrogen) atoms. The van der Waals surface area contributed by atoms with Crippen molar-refractivity contribution in [2.45, 2.75) is 0 Å². The number of nitrogens with zero attached hydrogens (tertiary/aromatic N) is 1. The Morgan fingerprint density at radius 1 is 1.38 bits per heavy atom. The second kappa shape index (κ2) is 3.85. The molecule has 0 radical (unpaired) electrons. The Morgan fingerprint density at radius 3 is 2.54 bits per heavy atom. The van der Waals surface area contributed by atoms with Gasteiger partial charge in [-0.3, -0.25) is 4.79 Å². The Kier molecular flexibility index (Phi) is 2.80. The van der Waals surface area contributed by atoms with E-state index in [4.69, 9.17) is 5.41 Å². The molecule has 0 aliphatic carbocycles. The zero-order valence-corrected chi connectivity index (χ0v) is 7.74. The van der Waals surface area contributed by atoms with Gasteiger partial charge >= 0.3 is 0 Å². The molecule has 1 aromatic rings. The van der Waals surface area contributed by atoms with E-state index in [0.29, 0.717) is 11.1 Å². The summed E-state index contributed by atoms with van der Waals surface area (Å²) in [6.07, 6.45) is 1.19. The Balaban J connectivity index is 3.13. The topological polar surface area (TPSA) is 44.2 Å². The first kappa shape index (κ1) is 9.45. The molecule has 0 bridgehead atoms. The molecular formula is C10H12N2O. The molecule has 0 unspecified atom stereocenters. The average Bonchev–Trinajstić information content (AvgIpc) is 2.16. The number of rotatable bonds is 2. The van der Waals surface area contributed by atoms with Crippen LogP contribution in [-0.4, -0.2) is 31.1 Å². The van der Waals surface area contributed by atoms with Crippen molar-refractivity contribution in [1.82, 2.24) is 4.90 Å². The first-order valence-corrected chi connectivity index (χ1v) is 3.98. The van der Waals surface area contributed by atoms with E-state index in [0.717, 1.165) is 0 Å². The van der Waals surface area contributed by atoms with Gasteiger partial charge in [0, 0.05) is 31.4 Å². The van der Waals surface area contributed by atoms with Crippen molar-refractivity contribution >= 4 is 12.1 Å². The predicted molar refractivity (Wildman–Crippen MR) is 52.3 cm³/mol. The van der Waals surface area contributed by atoms with Gasteiger partial charge in [-0.2, -0.15) is 0 Å². The zero-order valence-electron chi connectivity index (χ0n) is 7.74. The van der Waals surface area contributed by atoms with Crippen LogP contribution in [0.15, 0.2) is 24.3 Å². The van der Waals surface area contributed by atoms with E-state index in [9.17, 15) is 4.79 Å². The molecule has 0 heterocycles. The lowest BCUT2D eigenvalue weighted by Gasteiger charge is -2.11. The number of hydrogen-bond donors (Lipinski definition) is 1. The van der Waals surface area contributed by atoms with Crippen LogP contribution in [0.5, 0.6) is 0 Å². The van der Waals surface area contributed by atoms with Crippen molar-refractivity contribution in [1.29, 1.82) is 5.41 Å². The maximum Gasteiger partial charge on any atom is 0.253 e. The number of hydrogen-bond acceptors (Lipinski definition) is 2. The van der Waals surface area contributed by atoms with E-state index < -0.39 is 0 Å². The number of benzene rings is 1. The highest BCUT2D eigenvalue weighted by Crippen LogP contribution is 2.07. The molecule has 0 saturated heterocycles. The molecule has 0 aliphatic rings. The normalized spacial score (nSPS) is 9.38. The summed E-state index contributed by atoms with van der Waals surface area (Å²) in [5.41, 5.74) is 1.23. The van der Waals surface area contributed by atoms with E-state index in [1.54, 1.807) is 32.3 Å². The van der Waals surface area contributed by atoms with Gasteiger partial charge in [0.2, 0.25) is 0 Å². The van der Waals surface area contributed by atoms with Gasteiger partial charge in [0.05, 0.1) is 0 Å². The maximum atomic E-state index is 11.5. The molecule has 1 rings (SSSR count). The lowest BCUT2D eigenvalue weighted by atomic mass is 10.1. The molecule has 0 aromatic heterocycles. The van der Waals surface area contributed by atoms with Crippen LogP contribution in [-0.2, 0) is 0 Å². The van der Waals surface area contributed by atoms with Crippen LogP contribution in [0.25, 0.3) is 0 Å². The summed E-state index contributed by atoms with van der Waals surface area (Å²) in [4.78, 5) is 13.0. The molecule has 0 saturated carbocycles. The Bertz CT molecular complexity index is 331. The quantitative estimate of drug-likeness (QED) is 0.680. The van der Waals surface area contributed by atoms with Gasteiger partial charge in [0.15, 0.2) is 0 Å². The average molecular weight is 176 g/mol. The molecule has 0 atom stereocenters. The van der Waals surface area contributed by atoms with Gasteiger partial charge in [-0.15, -0.1) is 0 Å². The smallest absolute Gasteiger partial charge is 0.253 e. The van der Waals surface area contributed by atoms with Crippen LogP contribution in [0.3, 0.4) is 0 Å². The van der Waals surface area contributed by atoms with E-state index >= 15 is 0 Å². The lowest BCUT2D eigenvalue weighted by Crippen LogP contribution is -2.22.